The molecule has 4 heteroatoms. The van der Waals surface area contributed by atoms with E-state index in [4.69, 9.17) is 10.2 Å². The first-order valence-corrected chi connectivity index (χ1v) is 6.34. The fourth-order valence-corrected chi connectivity index (χ4v) is 2.25. The molecule has 18 heavy (non-hydrogen) atoms. The molecule has 1 heterocycles. The average molecular weight is 249 g/mol. The predicted octanol–water partition coefficient (Wildman–Crippen LogP) is 1.02. The summed E-state index contributed by atoms with van der Waals surface area (Å²) in [5.74, 6) is 0.377. The van der Waals surface area contributed by atoms with Crippen LogP contribution in [0.25, 0.3) is 0 Å². The van der Waals surface area contributed by atoms with Gasteiger partial charge in [-0.1, -0.05) is 12.1 Å². The SMILES string of the molecule is O=C(c1ccc(CO)cc1)N1CCC(CO)CC1. The summed E-state index contributed by atoms with van der Waals surface area (Å²) < 4.78 is 0. The standard InChI is InChI=1S/C14H19NO3/c16-9-11-1-3-13(4-2-11)14(18)15-7-5-12(10-17)6-8-15/h1-4,12,16-17H,5-10H2. The van der Waals surface area contributed by atoms with Gasteiger partial charge in [-0.15, -0.1) is 0 Å². The maximum atomic E-state index is 12.2. The number of amides is 1. The van der Waals surface area contributed by atoms with Crippen molar-refractivity contribution in [2.45, 2.75) is 19.4 Å². The van der Waals surface area contributed by atoms with E-state index < -0.39 is 0 Å². The van der Waals surface area contributed by atoms with Crippen molar-refractivity contribution in [3.05, 3.63) is 35.4 Å². The molecule has 0 unspecified atom stereocenters. The molecule has 0 bridgehead atoms. The van der Waals surface area contributed by atoms with Crippen LogP contribution in [0.5, 0.6) is 0 Å². The lowest BCUT2D eigenvalue weighted by Gasteiger charge is -2.31. The number of nitrogens with zero attached hydrogens (tertiary/aromatic N) is 1. The lowest BCUT2D eigenvalue weighted by molar-refractivity contribution is 0.0651. The normalized spacial score (nSPS) is 16.9. The van der Waals surface area contributed by atoms with Gasteiger partial charge in [0.25, 0.3) is 5.91 Å². The van der Waals surface area contributed by atoms with Crippen LogP contribution < -0.4 is 0 Å². The molecule has 1 aromatic rings. The molecule has 1 aliphatic heterocycles. The lowest BCUT2D eigenvalue weighted by Crippen LogP contribution is -2.39. The fourth-order valence-electron chi connectivity index (χ4n) is 2.25. The van der Waals surface area contributed by atoms with Gasteiger partial charge in [-0.25, -0.2) is 0 Å². The molecule has 1 aliphatic rings. The van der Waals surface area contributed by atoms with Crippen molar-refractivity contribution in [3.8, 4) is 0 Å². The number of hydrogen-bond donors (Lipinski definition) is 2. The van der Waals surface area contributed by atoms with Gasteiger partial charge in [0.15, 0.2) is 0 Å². The van der Waals surface area contributed by atoms with Crippen LogP contribution in [0.1, 0.15) is 28.8 Å². The fraction of sp³-hybridized carbons (Fsp3) is 0.500. The van der Waals surface area contributed by atoms with Crippen LogP contribution in [-0.2, 0) is 6.61 Å². The van der Waals surface area contributed by atoms with Crippen LogP contribution in [0.3, 0.4) is 0 Å². The van der Waals surface area contributed by atoms with Gasteiger partial charge in [0.2, 0.25) is 0 Å². The monoisotopic (exact) mass is 249 g/mol. The maximum Gasteiger partial charge on any atom is 0.253 e. The van der Waals surface area contributed by atoms with Crippen LogP contribution in [0.4, 0.5) is 0 Å². The Kier molecular flexibility index (Phi) is 4.33. The largest absolute Gasteiger partial charge is 0.396 e. The van der Waals surface area contributed by atoms with Gasteiger partial charge in [-0.3, -0.25) is 4.79 Å². The summed E-state index contributed by atoms with van der Waals surface area (Å²) in [6, 6.07) is 7.06. The highest BCUT2D eigenvalue weighted by atomic mass is 16.3. The van der Waals surface area contributed by atoms with E-state index in [-0.39, 0.29) is 19.1 Å². The summed E-state index contributed by atoms with van der Waals surface area (Å²) in [5.41, 5.74) is 1.47. The molecule has 0 atom stereocenters. The minimum Gasteiger partial charge on any atom is -0.396 e. The van der Waals surface area contributed by atoms with Gasteiger partial charge < -0.3 is 15.1 Å². The quantitative estimate of drug-likeness (QED) is 0.841. The summed E-state index contributed by atoms with van der Waals surface area (Å²) in [5, 5.41) is 18.0. The van der Waals surface area contributed by atoms with Crippen molar-refractivity contribution in [3.63, 3.8) is 0 Å². The molecule has 0 radical (unpaired) electrons. The van der Waals surface area contributed by atoms with Crippen LogP contribution >= 0.6 is 0 Å². The Morgan fingerprint density at radius 3 is 2.28 bits per heavy atom. The Morgan fingerprint density at radius 1 is 1.17 bits per heavy atom. The second kappa shape index (κ2) is 5.98. The van der Waals surface area contributed by atoms with Crippen LogP contribution in [0.15, 0.2) is 24.3 Å². The summed E-state index contributed by atoms with van der Waals surface area (Å²) >= 11 is 0. The molecule has 0 aliphatic carbocycles. The predicted molar refractivity (Wildman–Crippen MR) is 68.1 cm³/mol. The first kappa shape index (κ1) is 13.1. The summed E-state index contributed by atoms with van der Waals surface area (Å²) in [6.45, 7) is 1.64. The van der Waals surface area contributed by atoms with E-state index in [1.165, 1.54) is 0 Å². The third kappa shape index (κ3) is 2.89. The minimum absolute atomic E-state index is 0.00361. The molecule has 0 aromatic heterocycles. The number of aliphatic hydroxyl groups is 2. The van der Waals surface area contributed by atoms with Gasteiger partial charge >= 0.3 is 0 Å². The Balaban J connectivity index is 1.98. The van der Waals surface area contributed by atoms with Crippen LogP contribution in [-0.4, -0.2) is 40.7 Å². The molecule has 0 saturated carbocycles. The maximum absolute atomic E-state index is 12.2. The zero-order valence-corrected chi connectivity index (χ0v) is 10.4. The highest BCUT2D eigenvalue weighted by Crippen LogP contribution is 2.18. The summed E-state index contributed by atoms with van der Waals surface area (Å²) in [4.78, 5) is 14.0. The highest BCUT2D eigenvalue weighted by Gasteiger charge is 2.22. The Morgan fingerprint density at radius 2 is 1.78 bits per heavy atom. The average Bonchev–Trinajstić information content (AvgIpc) is 2.47. The third-order valence-electron chi connectivity index (χ3n) is 3.54. The molecular weight excluding hydrogens is 230 g/mol. The number of carbonyl (C=O) groups excluding carboxylic acids is 1. The molecular formula is C14H19NO3. The van der Waals surface area contributed by atoms with E-state index >= 15 is 0 Å². The second-order valence-electron chi connectivity index (χ2n) is 4.77. The van der Waals surface area contributed by atoms with Crippen molar-refractivity contribution in [2.75, 3.05) is 19.7 Å². The third-order valence-corrected chi connectivity index (χ3v) is 3.54. The second-order valence-corrected chi connectivity index (χ2v) is 4.77. The van der Waals surface area contributed by atoms with Crippen LogP contribution in [0, 0.1) is 5.92 Å². The molecule has 2 N–H and O–H groups in total. The zero-order chi connectivity index (χ0) is 13.0. The number of hydrogen-bond acceptors (Lipinski definition) is 3. The zero-order valence-electron chi connectivity index (χ0n) is 10.4. The van der Waals surface area contributed by atoms with E-state index in [0.29, 0.717) is 24.6 Å². The number of rotatable bonds is 3. The van der Waals surface area contributed by atoms with Gasteiger partial charge in [0.1, 0.15) is 0 Å². The van der Waals surface area contributed by atoms with Crippen molar-refractivity contribution >= 4 is 5.91 Å². The first-order valence-electron chi connectivity index (χ1n) is 6.34. The molecule has 1 fully saturated rings. The summed E-state index contributed by atoms with van der Waals surface area (Å²) in [7, 11) is 0. The minimum atomic E-state index is -0.00361. The number of aliphatic hydroxyl groups excluding tert-OH is 2. The van der Waals surface area contributed by atoms with Crippen LogP contribution in [0.2, 0.25) is 0 Å². The van der Waals surface area contributed by atoms with Crippen molar-refractivity contribution < 1.29 is 15.0 Å². The van der Waals surface area contributed by atoms with Gasteiger partial charge in [0, 0.05) is 25.3 Å². The van der Waals surface area contributed by atoms with E-state index in [1.54, 1.807) is 24.3 Å². The smallest absolute Gasteiger partial charge is 0.253 e. The molecule has 1 amide bonds. The number of benzene rings is 1. The van der Waals surface area contributed by atoms with Crippen molar-refractivity contribution in [2.24, 2.45) is 5.92 Å². The van der Waals surface area contributed by atoms with Gasteiger partial charge in [0.05, 0.1) is 6.61 Å². The Hall–Kier alpha value is -1.39. The molecule has 0 spiro atoms. The molecule has 1 aromatic carbocycles. The molecule has 2 rings (SSSR count). The highest BCUT2D eigenvalue weighted by molar-refractivity contribution is 5.94. The van der Waals surface area contributed by atoms with Gasteiger partial charge in [-0.2, -0.15) is 0 Å². The lowest BCUT2D eigenvalue weighted by atomic mass is 9.97. The number of piperidine rings is 1. The van der Waals surface area contributed by atoms with Gasteiger partial charge in [-0.05, 0) is 36.5 Å². The molecule has 98 valence electrons. The van der Waals surface area contributed by atoms with E-state index in [2.05, 4.69) is 0 Å². The number of carbonyl (C=O) groups is 1. The Bertz CT molecular complexity index is 394. The van der Waals surface area contributed by atoms with Crippen molar-refractivity contribution in [1.29, 1.82) is 0 Å². The van der Waals surface area contributed by atoms with Crippen molar-refractivity contribution in [1.82, 2.24) is 4.90 Å². The molecule has 4 nitrogen and oxygen atoms in total. The first-order chi connectivity index (χ1) is 8.74. The van der Waals surface area contributed by atoms with E-state index in [9.17, 15) is 4.79 Å². The number of likely N-dealkylation sites (tertiary alicyclic amines) is 1. The summed E-state index contributed by atoms with van der Waals surface area (Å²) in [6.07, 6.45) is 1.74. The Labute approximate surface area is 107 Å². The van der Waals surface area contributed by atoms with E-state index in [0.717, 1.165) is 18.4 Å². The topological polar surface area (TPSA) is 60.8 Å². The molecule has 1 saturated heterocycles. The van der Waals surface area contributed by atoms with E-state index in [1.807, 2.05) is 4.90 Å².